The number of amides is 1. The number of hydrogen-bond acceptors (Lipinski definition) is 3. The van der Waals surface area contributed by atoms with Crippen LogP contribution >= 0.6 is 0 Å². The molecule has 0 N–H and O–H groups in total. The molecule has 1 atom stereocenters. The van der Waals surface area contributed by atoms with Crippen LogP contribution in [0.15, 0.2) is 59.5 Å². The van der Waals surface area contributed by atoms with Gasteiger partial charge in [-0.1, -0.05) is 44.2 Å². The van der Waals surface area contributed by atoms with Gasteiger partial charge in [-0.15, -0.1) is 0 Å². The van der Waals surface area contributed by atoms with Crippen LogP contribution in [-0.2, 0) is 14.8 Å². The van der Waals surface area contributed by atoms with E-state index in [1.807, 2.05) is 24.3 Å². The summed E-state index contributed by atoms with van der Waals surface area (Å²) in [4.78, 5) is 14.7. The minimum Gasteiger partial charge on any atom is -0.310 e. The third kappa shape index (κ3) is 3.39. The van der Waals surface area contributed by atoms with E-state index < -0.39 is 16.1 Å². The summed E-state index contributed by atoms with van der Waals surface area (Å²) in [5.74, 6) is 0.222. The highest BCUT2D eigenvalue weighted by atomic mass is 32.2. The molecule has 0 unspecified atom stereocenters. The Balaban J connectivity index is 1.83. The first-order valence-electron chi connectivity index (χ1n) is 8.80. The van der Waals surface area contributed by atoms with E-state index in [9.17, 15) is 13.2 Å². The normalized spacial score (nSPS) is 19.2. The lowest BCUT2D eigenvalue weighted by Crippen LogP contribution is -2.57. The van der Waals surface area contributed by atoms with Crippen LogP contribution in [0, 0.1) is 0 Å². The number of piperazine rings is 1. The maximum Gasteiger partial charge on any atom is 0.245 e. The second-order valence-electron chi connectivity index (χ2n) is 6.84. The summed E-state index contributed by atoms with van der Waals surface area (Å²) in [6, 6.07) is 15.4. The molecule has 1 aliphatic rings. The maximum absolute atomic E-state index is 12.9. The van der Waals surface area contributed by atoms with Gasteiger partial charge in [0.15, 0.2) is 0 Å². The molecule has 6 heteroatoms. The number of carbonyl (C=O) groups excluding carboxylic acids is 1. The van der Waals surface area contributed by atoms with Gasteiger partial charge in [0.1, 0.15) is 6.04 Å². The smallest absolute Gasteiger partial charge is 0.245 e. The summed E-state index contributed by atoms with van der Waals surface area (Å²) < 4.78 is 27.0. The number of benzene rings is 2. The van der Waals surface area contributed by atoms with Gasteiger partial charge < -0.3 is 4.90 Å². The third-order valence-electron chi connectivity index (χ3n) is 4.82. The van der Waals surface area contributed by atoms with E-state index in [0.29, 0.717) is 12.5 Å². The Hall–Kier alpha value is -2.18. The topological polar surface area (TPSA) is 57.7 Å². The number of nitrogens with zero attached hydrogens (tertiary/aromatic N) is 2. The molecule has 2 aromatic carbocycles. The molecule has 0 aliphatic carbocycles. The summed E-state index contributed by atoms with van der Waals surface area (Å²) in [5, 5.41) is 0. The van der Waals surface area contributed by atoms with Crippen molar-refractivity contribution in [2.75, 3.05) is 18.0 Å². The van der Waals surface area contributed by atoms with E-state index in [1.54, 1.807) is 42.2 Å². The molecule has 0 saturated carbocycles. The molecule has 1 heterocycles. The van der Waals surface area contributed by atoms with Gasteiger partial charge in [-0.05, 0) is 42.7 Å². The first kappa shape index (κ1) is 18.6. The summed E-state index contributed by atoms with van der Waals surface area (Å²) in [6.07, 6.45) is 0. The summed E-state index contributed by atoms with van der Waals surface area (Å²) in [5.41, 5.74) is 2.02. The monoisotopic (exact) mass is 372 g/mol. The summed E-state index contributed by atoms with van der Waals surface area (Å²) in [7, 11) is -3.68. The Morgan fingerprint density at radius 3 is 2.15 bits per heavy atom. The highest BCUT2D eigenvalue weighted by molar-refractivity contribution is 7.89. The van der Waals surface area contributed by atoms with E-state index >= 15 is 0 Å². The first-order valence-corrected chi connectivity index (χ1v) is 10.2. The quantitative estimate of drug-likeness (QED) is 0.828. The summed E-state index contributed by atoms with van der Waals surface area (Å²) in [6.45, 7) is 6.51. The molecular formula is C20H24N2O3S. The van der Waals surface area contributed by atoms with Gasteiger partial charge in [-0.3, -0.25) is 4.79 Å². The van der Waals surface area contributed by atoms with Crippen molar-refractivity contribution < 1.29 is 13.2 Å². The Morgan fingerprint density at radius 1 is 0.962 bits per heavy atom. The molecule has 138 valence electrons. The van der Waals surface area contributed by atoms with Gasteiger partial charge >= 0.3 is 0 Å². The number of anilines is 1. The average molecular weight is 372 g/mol. The number of rotatable bonds is 4. The van der Waals surface area contributed by atoms with E-state index in [2.05, 4.69) is 13.8 Å². The van der Waals surface area contributed by atoms with Gasteiger partial charge in [-0.2, -0.15) is 4.31 Å². The molecule has 1 saturated heterocycles. The highest BCUT2D eigenvalue weighted by Gasteiger charge is 2.39. The fourth-order valence-corrected chi connectivity index (χ4v) is 4.80. The second kappa shape index (κ2) is 7.21. The highest BCUT2D eigenvalue weighted by Crippen LogP contribution is 2.26. The van der Waals surface area contributed by atoms with Crippen molar-refractivity contribution in [3.05, 3.63) is 60.2 Å². The van der Waals surface area contributed by atoms with Crippen molar-refractivity contribution in [1.82, 2.24) is 4.31 Å². The van der Waals surface area contributed by atoms with Crippen LogP contribution in [0.4, 0.5) is 5.69 Å². The minimum absolute atomic E-state index is 0.201. The largest absolute Gasteiger partial charge is 0.310 e. The Labute approximate surface area is 155 Å². The van der Waals surface area contributed by atoms with Gasteiger partial charge in [-0.25, -0.2) is 8.42 Å². The fourth-order valence-electron chi connectivity index (χ4n) is 3.20. The van der Waals surface area contributed by atoms with Crippen LogP contribution in [0.2, 0.25) is 0 Å². The van der Waals surface area contributed by atoms with Gasteiger partial charge in [0, 0.05) is 18.8 Å². The first-order chi connectivity index (χ1) is 12.3. The van der Waals surface area contributed by atoms with Crippen LogP contribution in [0.25, 0.3) is 0 Å². The average Bonchev–Trinajstić information content (AvgIpc) is 2.64. The molecule has 2 aromatic rings. The van der Waals surface area contributed by atoms with Crippen molar-refractivity contribution in [2.45, 2.75) is 37.6 Å². The number of sulfonamides is 1. The molecule has 5 nitrogen and oxygen atoms in total. The second-order valence-corrected chi connectivity index (χ2v) is 8.73. The predicted octanol–water partition coefficient (Wildman–Crippen LogP) is 3.24. The maximum atomic E-state index is 12.9. The van der Waals surface area contributed by atoms with Crippen LogP contribution in [-0.4, -0.2) is 37.8 Å². The zero-order valence-corrected chi connectivity index (χ0v) is 16.1. The minimum atomic E-state index is -3.68. The lowest BCUT2D eigenvalue weighted by Gasteiger charge is -2.38. The zero-order valence-electron chi connectivity index (χ0n) is 15.3. The van der Waals surface area contributed by atoms with E-state index in [-0.39, 0.29) is 17.3 Å². The molecular weight excluding hydrogens is 348 g/mol. The Kier molecular flexibility index (Phi) is 5.16. The van der Waals surface area contributed by atoms with E-state index in [1.165, 1.54) is 9.87 Å². The van der Waals surface area contributed by atoms with Gasteiger partial charge in [0.2, 0.25) is 15.9 Å². The van der Waals surface area contributed by atoms with E-state index in [0.717, 1.165) is 5.69 Å². The predicted molar refractivity (Wildman–Crippen MR) is 103 cm³/mol. The van der Waals surface area contributed by atoms with Crippen molar-refractivity contribution in [1.29, 1.82) is 0 Å². The molecule has 0 spiro atoms. The molecule has 1 fully saturated rings. The van der Waals surface area contributed by atoms with Gasteiger partial charge in [0.25, 0.3) is 0 Å². The molecule has 0 bridgehead atoms. The number of carbonyl (C=O) groups is 1. The standard InChI is InChI=1S/C20H24N2O3S/c1-15(2)17-9-11-18(12-10-17)21-13-14-22(16(3)20(21)23)26(24,25)19-7-5-4-6-8-19/h4-12,15-16H,13-14H2,1-3H3/t16-/m1/s1. The van der Waals surface area contributed by atoms with Crippen molar-refractivity contribution in [2.24, 2.45) is 0 Å². The van der Waals surface area contributed by atoms with Gasteiger partial charge in [0.05, 0.1) is 4.90 Å². The molecule has 0 aromatic heterocycles. The lowest BCUT2D eigenvalue weighted by molar-refractivity contribution is -0.123. The van der Waals surface area contributed by atoms with Crippen LogP contribution in [0.1, 0.15) is 32.3 Å². The summed E-state index contributed by atoms with van der Waals surface area (Å²) >= 11 is 0. The zero-order chi connectivity index (χ0) is 18.9. The molecule has 1 aliphatic heterocycles. The van der Waals surface area contributed by atoms with E-state index in [4.69, 9.17) is 0 Å². The third-order valence-corrected chi connectivity index (χ3v) is 6.80. The lowest BCUT2D eigenvalue weighted by atomic mass is 10.0. The molecule has 0 radical (unpaired) electrons. The fraction of sp³-hybridized carbons (Fsp3) is 0.350. The van der Waals surface area contributed by atoms with Crippen molar-refractivity contribution in [3.63, 3.8) is 0 Å². The van der Waals surface area contributed by atoms with Crippen molar-refractivity contribution >= 4 is 21.6 Å². The molecule has 1 amide bonds. The SMILES string of the molecule is CC(C)c1ccc(N2CCN(S(=O)(=O)c3ccccc3)[C@H](C)C2=O)cc1. The van der Waals surface area contributed by atoms with Crippen molar-refractivity contribution in [3.8, 4) is 0 Å². The molecule has 26 heavy (non-hydrogen) atoms. The van der Waals surface area contributed by atoms with Crippen LogP contribution in [0.3, 0.4) is 0 Å². The Bertz CT molecular complexity index is 877. The molecule has 3 rings (SSSR count). The Morgan fingerprint density at radius 2 is 1.58 bits per heavy atom. The number of hydrogen-bond donors (Lipinski definition) is 0. The van der Waals surface area contributed by atoms with Crippen LogP contribution in [0.5, 0.6) is 0 Å². The van der Waals surface area contributed by atoms with Crippen LogP contribution < -0.4 is 4.90 Å².